The molecule has 0 radical (unpaired) electrons. The number of benzene rings is 2. The molecular weight excluding hydrogens is 532 g/mol. The third kappa shape index (κ3) is 7.48. The minimum Gasteiger partial charge on any atom is -0.492 e. The highest BCUT2D eigenvalue weighted by Gasteiger charge is 2.13. The predicted molar refractivity (Wildman–Crippen MR) is 116 cm³/mol. The van der Waals surface area contributed by atoms with E-state index in [9.17, 15) is 8.42 Å². The molecule has 0 amide bonds. The molecule has 10 nitrogen and oxygen atoms in total. The highest BCUT2D eigenvalue weighted by Crippen LogP contribution is 2.32. The second kappa shape index (κ2) is 10.9. The van der Waals surface area contributed by atoms with Crippen molar-refractivity contribution < 1.29 is 17.9 Å². The van der Waals surface area contributed by atoms with Gasteiger partial charge in [0.05, 0.1) is 22.9 Å². The normalized spacial score (nSPS) is 10.6. The smallest absolute Gasteiger partial charge is 0.156 e. The molecule has 0 N–H and O–H groups in total. The minimum absolute atomic E-state index is 0.111. The first-order chi connectivity index (χ1) is 13.8. The van der Waals surface area contributed by atoms with E-state index in [2.05, 4.69) is 51.9 Å². The molecule has 0 saturated carbocycles. The molecule has 2 aromatic rings. The van der Waals surface area contributed by atoms with Gasteiger partial charge in [-0.05, 0) is 47.5 Å². The van der Waals surface area contributed by atoms with E-state index in [1.807, 2.05) is 0 Å². The van der Waals surface area contributed by atoms with Crippen LogP contribution in [0.5, 0.6) is 11.5 Å². The first-order valence-corrected chi connectivity index (χ1v) is 11.4. The van der Waals surface area contributed by atoms with Gasteiger partial charge in [-0.2, -0.15) is 0 Å². The molecule has 2 rings (SSSR count). The Kier molecular flexibility index (Phi) is 8.62. The maximum absolute atomic E-state index is 12.2. The van der Waals surface area contributed by atoms with Crippen molar-refractivity contribution in [3.05, 3.63) is 66.2 Å². The van der Waals surface area contributed by atoms with Crippen molar-refractivity contribution in [3.8, 4) is 11.5 Å². The van der Waals surface area contributed by atoms with E-state index in [4.69, 9.17) is 20.5 Å². The van der Waals surface area contributed by atoms with Gasteiger partial charge in [-0.15, -0.1) is 0 Å². The van der Waals surface area contributed by atoms with Crippen LogP contribution in [-0.2, 0) is 9.84 Å². The van der Waals surface area contributed by atoms with E-state index >= 15 is 0 Å². The van der Waals surface area contributed by atoms with Crippen molar-refractivity contribution in [1.82, 2.24) is 0 Å². The second-order valence-corrected chi connectivity index (χ2v) is 9.59. The van der Waals surface area contributed by atoms with Gasteiger partial charge in [0, 0.05) is 18.8 Å². The highest BCUT2D eigenvalue weighted by molar-refractivity contribution is 9.10. The molecule has 0 fully saturated rings. The van der Waals surface area contributed by atoms with E-state index in [0.717, 1.165) is 0 Å². The number of nitrogens with zero attached hydrogens (tertiary/aromatic N) is 6. The lowest BCUT2D eigenvalue weighted by atomic mass is 10.3. The molecule has 152 valence electrons. The maximum atomic E-state index is 12.2. The summed E-state index contributed by atoms with van der Waals surface area (Å²) in [5, 5.41) is 7.03. The average molecular weight is 546 g/mol. The summed E-state index contributed by atoms with van der Waals surface area (Å²) >= 11 is 6.51. The van der Waals surface area contributed by atoms with Gasteiger partial charge < -0.3 is 9.47 Å². The number of sulfone groups is 1. The van der Waals surface area contributed by atoms with Gasteiger partial charge in [-0.25, -0.2) is 8.42 Å². The number of azide groups is 2. The molecule has 29 heavy (non-hydrogen) atoms. The molecule has 0 atom stereocenters. The van der Waals surface area contributed by atoms with Gasteiger partial charge in [0.15, 0.2) is 9.84 Å². The van der Waals surface area contributed by atoms with Crippen molar-refractivity contribution in [2.24, 2.45) is 10.2 Å². The lowest BCUT2D eigenvalue weighted by Gasteiger charge is -2.11. The Labute approximate surface area is 183 Å². The lowest BCUT2D eigenvalue weighted by molar-refractivity contribution is 0.334. The van der Waals surface area contributed by atoms with Crippen LogP contribution in [-0.4, -0.2) is 33.1 Å². The fourth-order valence-corrected chi connectivity index (χ4v) is 3.71. The van der Waals surface area contributed by atoms with Crippen LogP contribution < -0.4 is 9.47 Å². The Morgan fingerprint density at radius 1 is 0.828 bits per heavy atom. The van der Waals surface area contributed by atoms with Crippen LogP contribution in [0.2, 0.25) is 0 Å². The van der Waals surface area contributed by atoms with Gasteiger partial charge >= 0.3 is 0 Å². The number of halogens is 2. The topological polar surface area (TPSA) is 150 Å². The number of hydrogen-bond donors (Lipinski definition) is 0. The summed E-state index contributed by atoms with van der Waals surface area (Å²) in [6.07, 6.45) is 0. The summed E-state index contributed by atoms with van der Waals surface area (Å²) in [4.78, 5) is 5.43. The third-order valence-corrected chi connectivity index (χ3v) is 6.01. The van der Waals surface area contributed by atoms with Gasteiger partial charge in [0.2, 0.25) is 0 Å². The molecule has 0 heterocycles. The Bertz CT molecular complexity index is 1000. The van der Waals surface area contributed by atoms with Gasteiger partial charge in [-0.1, -0.05) is 42.1 Å². The van der Waals surface area contributed by atoms with Crippen LogP contribution in [0.4, 0.5) is 11.4 Å². The molecule has 0 saturated heterocycles. The van der Waals surface area contributed by atoms with Crippen LogP contribution in [0.25, 0.3) is 20.9 Å². The molecule has 0 aromatic heterocycles. The van der Waals surface area contributed by atoms with Crippen molar-refractivity contribution >= 4 is 53.1 Å². The molecular formula is C16H14Br2N6O4S. The minimum atomic E-state index is -3.46. The summed E-state index contributed by atoms with van der Waals surface area (Å²) in [5.74, 6) is 0.0785. The van der Waals surface area contributed by atoms with E-state index in [-0.39, 0.29) is 47.6 Å². The number of hydrogen-bond acceptors (Lipinski definition) is 6. The quantitative estimate of drug-likeness (QED) is 0.205. The van der Waals surface area contributed by atoms with Crippen LogP contribution >= 0.6 is 31.9 Å². The van der Waals surface area contributed by atoms with Crippen LogP contribution in [0.1, 0.15) is 0 Å². The second-order valence-electron chi connectivity index (χ2n) is 5.45. The third-order valence-electron chi connectivity index (χ3n) is 3.45. The zero-order chi connectivity index (χ0) is 21.3. The summed E-state index contributed by atoms with van der Waals surface area (Å²) in [7, 11) is -3.46. The molecule has 0 aliphatic rings. The predicted octanol–water partition coefficient (Wildman–Crippen LogP) is 5.97. The van der Waals surface area contributed by atoms with Crippen molar-refractivity contribution in [2.75, 3.05) is 24.7 Å². The van der Waals surface area contributed by atoms with E-state index in [1.165, 1.54) is 0 Å². The summed E-state index contributed by atoms with van der Waals surface area (Å²) in [5.41, 5.74) is 17.7. The fourth-order valence-electron chi connectivity index (χ4n) is 2.14. The Morgan fingerprint density at radius 2 is 1.24 bits per heavy atom. The van der Waals surface area contributed by atoms with Crippen LogP contribution in [0.15, 0.2) is 55.6 Å². The Hall–Kier alpha value is -2.43. The number of rotatable bonds is 10. The Morgan fingerprint density at radius 3 is 1.62 bits per heavy atom. The van der Waals surface area contributed by atoms with E-state index in [1.54, 1.807) is 36.4 Å². The van der Waals surface area contributed by atoms with Crippen molar-refractivity contribution in [1.29, 1.82) is 0 Å². The SMILES string of the molecule is [N-]=[N+]=Nc1cc(Br)ccc1OCCS(=O)(=O)CCOc1ccc(Br)cc1N=[N+]=[N-]. The van der Waals surface area contributed by atoms with E-state index < -0.39 is 9.84 Å². The molecule has 2 aromatic carbocycles. The number of ether oxygens (including phenoxy) is 2. The van der Waals surface area contributed by atoms with E-state index in [0.29, 0.717) is 8.95 Å². The molecule has 13 heteroatoms. The molecule has 0 bridgehead atoms. The van der Waals surface area contributed by atoms with Crippen molar-refractivity contribution in [2.45, 2.75) is 0 Å². The summed E-state index contributed by atoms with van der Waals surface area (Å²) < 4.78 is 36.7. The fraction of sp³-hybridized carbons (Fsp3) is 0.250. The highest BCUT2D eigenvalue weighted by atomic mass is 79.9. The molecule has 0 aliphatic carbocycles. The zero-order valence-corrected chi connectivity index (χ0v) is 18.8. The lowest BCUT2D eigenvalue weighted by Crippen LogP contribution is -2.21. The first-order valence-electron chi connectivity index (χ1n) is 8.00. The molecule has 0 aliphatic heterocycles. The van der Waals surface area contributed by atoms with Crippen molar-refractivity contribution in [3.63, 3.8) is 0 Å². The molecule has 0 spiro atoms. The van der Waals surface area contributed by atoms with Gasteiger partial charge in [0.1, 0.15) is 24.7 Å². The maximum Gasteiger partial charge on any atom is 0.156 e. The summed E-state index contributed by atoms with van der Waals surface area (Å²) in [6.45, 7) is -0.222. The van der Waals surface area contributed by atoms with Gasteiger partial charge in [0.25, 0.3) is 0 Å². The standard InChI is InChI=1S/C16H14Br2N6O4S/c17-11-1-3-15(13(9-11)21-23-19)27-5-7-29(25,26)8-6-28-16-4-2-12(18)10-14(16)22-24-20/h1-4,9-10H,5-8H2. The van der Waals surface area contributed by atoms with Crippen LogP contribution in [0.3, 0.4) is 0 Å². The molecule has 0 unspecified atom stereocenters. The monoisotopic (exact) mass is 544 g/mol. The van der Waals surface area contributed by atoms with Gasteiger partial charge in [-0.3, -0.25) is 0 Å². The summed E-state index contributed by atoms with van der Waals surface area (Å²) in [6, 6.07) is 9.66. The average Bonchev–Trinajstić information content (AvgIpc) is 2.65. The Balaban J connectivity index is 1.90. The zero-order valence-electron chi connectivity index (χ0n) is 14.8. The largest absolute Gasteiger partial charge is 0.492 e. The first kappa shape index (κ1) is 22.9. The van der Waals surface area contributed by atoms with Crippen LogP contribution in [0, 0.1) is 0 Å².